The van der Waals surface area contributed by atoms with Crippen LogP contribution in [0.25, 0.3) is 18.2 Å². The molecule has 0 spiro atoms. The van der Waals surface area contributed by atoms with Crippen LogP contribution in [0.2, 0.25) is 0 Å². The van der Waals surface area contributed by atoms with E-state index in [1.165, 1.54) is 16.7 Å². The maximum atomic E-state index is 7.23. The largest absolute Gasteiger partial charge is 0.328 e. The lowest BCUT2D eigenvalue weighted by molar-refractivity contribution is 0.368. The van der Waals surface area contributed by atoms with Gasteiger partial charge in [-0.2, -0.15) is 0 Å². The van der Waals surface area contributed by atoms with Crippen LogP contribution in [-0.4, -0.2) is 14.7 Å². The van der Waals surface area contributed by atoms with Crippen molar-refractivity contribution in [3.05, 3.63) is 127 Å². The van der Waals surface area contributed by atoms with E-state index in [2.05, 4.69) is 19.7 Å². The first-order valence-electron chi connectivity index (χ1n) is 8.42. The van der Waals surface area contributed by atoms with Crippen LogP contribution in [0.3, 0.4) is 0 Å². The predicted octanol–water partition coefficient (Wildman–Crippen LogP) is 6.18. The SMILES string of the molecule is C=Cc1ccccc1.C=Cc1ccccc1.C=Cc1ccccc1.OP(O)O. The molecule has 0 radical (unpaired) electrons. The van der Waals surface area contributed by atoms with E-state index in [1.54, 1.807) is 0 Å². The minimum Gasteiger partial charge on any atom is -0.328 e. The van der Waals surface area contributed by atoms with Crippen molar-refractivity contribution in [2.24, 2.45) is 0 Å². The first kappa shape index (κ1) is 25.2. The zero-order valence-corrected chi connectivity index (χ0v) is 16.7. The van der Waals surface area contributed by atoms with Crippen molar-refractivity contribution in [1.82, 2.24) is 0 Å². The first-order chi connectivity index (χ1) is 13.5. The highest BCUT2D eigenvalue weighted by atomic mass is 31.2. The summed E-state index contributed by atoms with van der Waals surface area (Å²) < 4.78 is 0. The van der Waals surface area contributed by atoms with Gasteiger partial charge in [0.05, 0.1) is 0 Å². The zero-order chi connectivity index (χ0) is 21.0. The third-order valence-corrected chi connectivity index (χ3v) is 3.11. The van der Waals surface area contributed by atoms with Gasteiger partial charge in [0.25, 0.3) is 0 Å². The van der Waals surface area contributed by atoms with Gasteiger partial charge in [-0.15, -0.1) is 0 Å². The summed E-state index contributed by atoms with van der Waals surface area (Å²) in [4.78, 5) is 21.7. The first-order valence-corrected chi connectivity index (χ1v) is 9.62. The molecule has 0 amide bonds. The van der Waals surface area contributed by atoms with Gasteiger partial charge in [-0.25, -0.2) is 0 Å². The van der Waals surface area contributed by atoms with Crippen molar-refractivity contribution in [2.75, 3.05) is 0 Å². The van der Waals surface area contributed by atoms with E-state index >= 15 is 0 Å². The Morgan fingerprint density at radius 2 is 0.643 bits per heavy atom. The highest BCUT2D eigenvalue weighted by molar-refractivity contribution is 7.38. The van der Waals surface area contributed by atoms with Crippen molar-refractivity contribution >= 4 is 26.8 Å². The Kier molecular flexibility index (Phi) is 15.8. The molecule has 0 unspecified atom stereocenters. The molecule has 0 aromatic heterocycles. The third-order valence-electron chi connectivity index (χ3n) is 3.11. The van der Waals surface area contributed by atoms with E-state index in [9.17, 15) is 0 Å². The van der Waals surface area contributed by atoms with Crippen molar-refractivity contribution in [2.45, 2.75) is 0 Å². The van der Waals surface area contributed by atoms with Crippen LogP contribution in [0.1, 0.15) is 16.7 Å². The Bertz CT molecular complexity index is 651. The summed E-state index contributed by atoms with van der Waals surface area (Å²) in [5.41, 5.74) is 3.52. The molecule has 0 aliphatic rings. The monoisotopic (exact) mass is 394 g/mol. The third kappa shape index (κ3) is 15.4. The lowest BCUT2D eigenvalue weighted by Crippen LogP contribution is -1.63. The lowest BCUT2D eigenvalue weighted by Gasteiger charge is -1.85. The topological polar surface area (TPSA) is 60.7 Å². The molecule has 0 saturated carbocycles. The second-order valence-electron chi connectivity index (χ2n) is 5.11. The summed E-state index contributed by atoms with van der Waals surface area (Å²) >= 11 is 0. The van der Waals surface area contributed by atoms with E-state index in [4.69, 9.17) is 14.7 Å². The molecule has 3 rings (SSSR count). The second kappa shape index (κ2) is 17.6. The molecular weight excluding hydrogens is 367 g/mol. The molecule has 3 aromatic carbocycles. The van der Waals surface area contributed by atoms with Gasteiger partial charge < -0.3 is 14.7 Å². The van der Waals surface area contributed by atoms with Crippen LogP contribution >= 0.6 is 8.60 Å². The number of rotatable bonds is 3. The van der Waals surface area contributed by atoms with Gasteiger partial charge in [-0.1, -0.05) is 129 Å². The van der Waals surface area contributed by atoms with E-state index in [0.717, 1.165) is 0 Å². The van der Waals surface area contributed by atoms with Gasteiger partial charge in [-0.3, -0.25) is 0 Å². The normalized spacial score (nSPS) is 8.57. The summed E-state index contributed by atoms with van der Waals surface area (Å²) in [7, 11) is -2.62. The van der Waals surface area contributed by atoms with Gasteiger partial charge in [0.15, 0.2) is 0 Å². The maximum Gasteiger partial charge on any atom is 0.324 e. The minimum absolute atomic E-state index is 1.17. The van der Waals surface area contributed by atoms with Crippen LogP contribution in [0.4, 0.5) is 0 Å². The molecule has 0 bridgehead atoms. The highest BCUT2D eigenvalue weighted by Gasteiger charge is 1.77. The Labute approximate surface area is 169 Å². The summed E-state index contributed by atoms with van der Waals surface area (Å²) in [6, 6.07) is 30.1. The average molecular weight is 394 g/mol. The smallest absolute Gasteiger partial charge is 0.324 e. The lowest BCUT2D eigenvalue weighted by atomic mass is 10.2. The predicted molar refractivity (Wildman–Crippen MR) is 123 cm³/mol. The van der Waals surface area contributed by atoms with Gasteiger partial charge >= 0.3 is 8.60 Å². The molecule has 0 heterocycles. The molecule has 0 aliphatic carbocycles. The molecule has 0 fully saturated rings. The van der Waals surface area contributed by atoms with Crippen molar-refractivity contribution in [3.63, 3.8) is 0 Å². The minimum atomic E-state index is -2.62. The summed E-state index contributed by atoms with van der Waals surface area (Å²) in [5, 5.41) is 0. The van der Waals surface area contributed by atoms with Crippen LogP contribution in [0, 0.1) is 0 Å². The van der Waals surface area contributed by atoms with E-state index in [-0.39, 0.29) is 0 Å². The van der Waals surface area contributed by atoms with Crippen LogP contribution in [0.15, 0.2) is 111 Å². The van der Waals surface area contributed by atoms with Gasteiger partial charge in [-0.05, 0) is 16.7 Å². The molecule has 28 heavy (non-hydrogen) atoms. The van der Waals surface area contributed by atoms with Crippen molar-refractivity contribution in [1.29, 1.82) is 0 Å². The fourth-order valence-corrected chi connectivity index (χ4v) is 1.77. The van der Waals surface area contributed by atoms with Crippen LogP contribution in [-0.2, 0) is 0 Å². The molecule has 4 heteroatoms. The molecular formula is C24H27O3P. The van der Waals surface area contributed by atoms with Gasteiger partial charge in [0, 0.05) is 0 Å². The Balaban J connectivity index is 0.000000358. The number of benzene rings is 3. The van der Waals surface area contributed by atoms with E-state index in [0.29, 0.717) is 0 Å². The fourth-order valence-electron chi connectivity index (χ4n) is 1.77. The Morgan fingerprint density at radius 1 is 0.464 bits per heavy atom. The molecule has 0 aliphatic heterocycles. The number of hydrogen-bond acceptors (Lipinski definition) is 3. The molecule has 3 nitrogen and oxygen atoms in total. The fraction of sp³-hybridized carbons (Fsp3) is 0. The summed E-state index contributed by atoms with van der Waals surface area (Å²) in [5.74, 6) is 0. The Hall–Kier alpha value is -2.81. The van der Waals surface area contributed by atoms with Gasteiger partial charge in [0.1, 0.15) is 0 Å². The second-order valence-corrected chi connectivity index (χ2v) is 5.65. The zero-order valence-electron chi connectivity index (χ0n) is 15.8. The highest BCUT2D eigenvalue weighted by Crippen LogP contribution is 2.11. The molecule has 0 saturated heterocycles. The van der Waals surface area contributed by atoms with E-state index < -0.39 is 8.60 Å². The number of hydrogen-bond donors (Lipinski definition) is 3. The van der Waals surface area contributed by atoms with E-state index in [1.807, 2.05) is 109 Å². The van der Waals surface area contributed by atoms with Crippen LogP contribution < -0.4 is 0 Å². The Morgan fingerprint density at radius 3 is 0.750 bits per heavy atom. The van der Waals surface area contributed by atoms with Crippen LogP contribution in [0.5, 0.6) is 0 Å². The maximum absolute atomic E-state index is 7.23. The van der Waals surface area contributed by atoms with Crippen molar-refractivity contribution < 1.29 is 14.7 Å². The standard InChI is InChI=1S/3C8H8.H3O3P/c3*1-2-8-6-4-3-5-7-8;1-4(2)3/h3*2-7H,1H2;1-3H. The van der Waals surface area contributed by atoms with Crippen molar-refractivity contribution in [3.8, 4) is 0 Å². The van der Waals surface area contributed by atoms with Gasteiger partial charge in [0.2, 0.25) is 0 Å². The molecule has 3 N–H and O–H groups in total. The summed E-state index contributed by atoms with van der Waals surface area (Å²) in [6.07, 6.45) is 5.50. The molecule has 146 valence electrons. The quantitative estimate of drug-likeness (QED) is 0.465. The molecule has 0 atom stereocenters. The average Bonchev–Trinajstić information content (AvgIpc) is 2.76. The molecule has 3 aromatic rings. The summed E-state index contributed by atoms with van der Waals surface area (Å²) in [6.45, 7) is 10.9.